The number of carbonyl (C=O) groups excluding carboxylic acids is 1. The lowest BCUT2D eigenvalue weighted by Crippen LogP contribution is -2.45. The van der Waals surface area contributed by atoms with Crippen LogP contribution in [0.15, 0.2) is 72.9 Å². The van der Waals surface area contributed by atoms with Crippen molar-refractivity contribution in [1.82, 2.24) is 20.2 Å². The number of fused-ring (bicyclic) bond motifs is 4. The van der Waals surface area contributed by atoms with E-state index in [4.69, 9.17) is 0 Å². The monoisotopic (exact) mass is 626 g/mol. The molecule has 1 atom stereocenters. The number of H-pyrrole nitrogens is 1. The Hall–Kier alpha value is -3.96. The van der Waals surface area contributed by atoms with Crippen molar-refractivity contribution in [2.75, 3.05) is 13.1 Å². The van der Waals surface area contributed by atoms with Crippen LogP contribution >= 0.6 is 0 Å². The molecule has 2 aliphatic heterocycles. The Bertz CT molecular complexity index is 1880. The quantitative estimate of drug-likeness (QED) is 0.144. The molecule has 2 aliphatic rings. The van der Waals surface area contributed by atoms with Gasteiger partial charge < -0.3 is 15.2 Å². The number of aromatic nitrogens is 2. The predicted octanol–water partition coefficient (Wildman–Crippen LogP) is 9.15. The van der Waals surface area contributed by atoms with Crippen molar-refractivity contribution >= 4 is 27.7 Å². The first-order valence-corrected chi connectivity index (χ1v) is 17.8. The third-order valence-electron chi connectivity index (χ3n) is 11.0. The smallest absolute Gasteiger partial charge is 0.233 e. The Kier molecular flexibility index (Phi) is 8.69. The molecule has 4 heterocycles. The average Bonchev–Trinajstić information content (AvgIpc) is 3.78. The normalized spacial score (nSPS) is 18.4. The molecule has 244 valence electrons. The molecule has 2 fully saturated rings. The maximum absolute atomic E-state index is 14.1. The lowest BCUT2D eigenvalue weighted by atomic mass is 9.81. The number of unbranched alkanes of at least 4 members (excludes halogenated alkanes) is 1. The predicted molar refractivity (Wildman–Crippen MR) is 195 cm³/mol. The molecule has 0 saturated carbocycles. The standard InChI is InChI=1S/C42H50N4O/c1-27-21-28(2)23-32(22-27)40-39(29(3)26-43-19-7-6-9-30-11-17-37-31(24-30)10-8-20-44-37)36-25-33(12-18-38(36)45-40)42(4,5)41(47)46-34-13-14-35(46)16-15-34/h8,10-12,17-18,20-25,29,34-35,43,45H,6-7,9,13-16,19,26H2,1-5H3/t29-,34?,35?/m1/s1. The van der Waals surface area contributed by atoms with Crippen molar-refractivity contribution in [2.24, 2.45) is 0 Å². The largest absolute Gasteiger partial charge is 0.354 e. The van der Waals surface area contributed by atoms with E-state index >= 15 is 0 Å². The van der Waals surface area contributed by atoms with Gasteiger partial charge in [0, 0.05) is 41.1 Å². The van der Waals surface area contributed by atoms with Crippen LogP contribution in [0.1, 0.15) is 93.0 Å². The molecule has 2 N–H and O–H groups in total. The van der Waals surface area contributed by atoms with E-state index in [9.17, 15) is 4.79 Å². The fourth-order valence-electron chi connectivity index (χ4n) is 8.43. The van der Waals surface area contributed by atoms with Crippen LogP contribution in [-0.2, 0) is 16.6 Å². The second-order valence-electron chi connectivity index (χ2n) is 14.9. The maximum Gasteiger partial charge on any atom is 0.233 e. The lowest BCUT2D eigenvalue weighted by molar-refractivity contribution is -0.137. The topological polar surface area (TPSA) is 61.0 Å². The van der Waals surface area contributed by atoms with Gasteiger partial charge in [0.2, 0.25) is 5.91 Å². The molecule has 0 spiro atoms. The van der Waals surface area contributed by atoms with Crippen LogP contribution in [0.4, 0.5) is 0 Å². The second-order valence-corrected chi connectivity index (χ2v) is 14.9. The Balaban J connectivity index is 1.10. The van der Waals surface area contributed by atoms with E-state index in [0.717, 1.165) is 48.9 Å². The van der Waals surface area contributed by atoms with Crippen LogP contribution in [0.25, 0.3) is 33.1 Å². The molecule has 5 nitrogen and oxygen atoms in total. The van der Waals surface area contributed by atoms with Crippen molar-refractivity contribution in [2.45, 2.75) is 103 Å². The van der Waals surface area contributed by atoms with Crippen molar-refractivity contribution < 1.29 is 4.79 Å². The number of aryl methyl sites for hydroxylation is 3. The molecule has 0 radical (unpaired) electrons. The van der Waals surface area contributed by atoms with Crippen LogP contribution < -0.4 is 5.32 Å². The molecule has 5 heteroatoms. The highest BCUT2D eigenvalue weighted by molar-refractivity contribution is 5.95. The minimum absolute atomic E-state index is 0.288. The van der Waals surface area contributed by atoms with E-state index in [1.54, 1.807) is 0 Å². The molecular weight excluding hydrogens is 576 g/mol. The molecule has 0 aliphatic carbocycles. The Labute approximate surface area is 280 Å². The van der Waals surface area contributed by atoms with Crippen molar-refractivity contribution in [3.05, 3.63) is 101 Å². The van der Waals surface area contributed by atoms with Gasteiger partial charge in [0.25, 0.3) is 0 Å². The first-order chi connectivity index (χ1) is 22.7. The van der Waals surface area contributed by atoms with Crippen LogP contribution in [-0.4, -0.2) is 45.9 Å². The van der Waals surface area contributed by atoms with Gasteiger partial charge >= 0.3 is 0 Å². The van der Waals surface area contributed by atoms with Crippen LogP contribution in [0, 0.1) is 13.8 Å². The Morgan fingerprint density at radius 3 is 2.45 bits per heavy atom. The van der Waals surface area contributed by atoms with E-state index in [0.29, 0.717) is 18.0 Å². The Morgan fingerprint density at radius 2 is 1.70 bits per heavy atom. The summed E-state index contributed by atoms with van der Waals surface area (Å²) in [4.78, 5) is 24.6. The van der Waals surface area contributed by atoms with Gasteiger partial charge in [-0.05, 0) is 150 Å². The molecule has 3 aromatic carbocycles. The molecule has 0 unspecified atom stereocenters. The minimum Gasteiger partial charge on any atom is -0.354 e. The summed E-state index contributed by atoms with van der Waals surface area (Å²) in [6, 6.07) is 25.2. The first kappa shape index (κ1) is 31.6. The molecule has 2 saturated heterocycles. The zero-order chi connectivity index (χ0) is 32.7. The number of pyridine rings is 1. The Morgan fingerprint density at radius 1 is 0.957 bits per heavy atom. The minimum atomic E-state index is -0.572. The number of rotatable bonds is 11. The number of nitrogens with one attached hydrogen (secondary N) is 2. The number of nitrogens with zero attached hydrogens (tertiary/aromatic N) is 2. The van der Waals surface area contributed by atoms with Gasteiger partial charge in [-0.2, -0.15) is 0 Å². The van der Waals surface area contributed by atoms with E-state index in [1.807, 2.05) is 12.3 Å². The van der Waals surface area contributed by atoms with Gasteiger partial charge in [0.15, 0.2) is 0 Å². The van der Waals surface area contributed by atoms with Crippen molar-refractivity contribution in [3.8, 4) is 11.3 Å². The summed E-state index contributed by atoms with van der Waals surface area (Å²) in [6.45, 7) is 12.8. The summed E-state index contributed by atoms with van der Waals surface area (Å²) in [5.74, 6) is 0.583. The number of hydrogen-bond acceptors (Lipinski definition) is 3. The molecule has 47 heavy (non-hydrogen) atoms. The SMILES string of the molecule is Cc1cc(C)cc(-c2[nH]c3ccc(C(C)(C)C(=O)N4C5CCC4CC5)cc3c2[C@H](C)CNCCCCc2ccc3ncccc3c2)c1. The van der Waals surface area contributed by atoms with E-state index in [2.05, 4.69) is 115 Å². The number of benzene rings is 3. The molecule has 1 amide bonds. The third kappa shape index (κ3) is 6.23. The van der Waals surface area contributed by atoms with Gasteiger partial charge in [-0.3, -0.25) is 9.78 Å². The zero-order valence-corrected chi connectivity index (χ0v) is 28.8. The summed E-state index contributed by atoms with van der Waals surface area (Å²) < 4.78 is 0. The van der Waals surface area contributed by atoms with Crippen LogP contribution in [0.5, 0.6) is 0 Å². The molecule has 5 aromatic rings. The fourth-order valence-corrected chi connectivity index (χ4v) is 8.43. The summed E-state index contributed by atoms with van der Waals surface area (Å²) in [7, 11) is 0. The summed E-state index contributed by atoms with van der Waals surface area (Å²) >= 11 is 0. The van der Waals surface area contributed by atoms with Crippen molar-refractivity contribution in [1.29, 1.82) is 0 Å². The lowest BCUT2D eigenvalue weighted by Gasteiger charge is -2.33. The molecule has 7 rings (SSSR count). The zero-order valence-electron chi connectivity index (χ0n) is 28.8. The molecule has 2 bridgehead atoms. The maximum atomic E-state index is 14.1. The van der Waals surface area contributed by atoms with Gasteiger partial charge in [-0.25, -0.2) is 0 Å². The van der Waals surface area contributed by atoms with Crippen LogP contribution in [0.3, 0.4) is 0 Å². The van der Waals surface area contributed by atoms with E-state index < -0.39 is 5.41 Å². The highest BCUT2D eigenvalue weighted by Gasteiger charge is 2.47. The second kappa shape index (κ2) is 12.9. The summed E-state index contributed by atoms with van der Waals surface area (Å²) in [5, 5.41) is 6.24. The first-order valence-electron chi connectivity index (χ1n) is 17.8. The number of amides is 1. The fraction of sp³-hybridized carbons (Fsp3) is 0.429. The summed E-state index contributed by atoms with van der Waals surface area (Å²) in [5.41, 5.74) is 10.4. The highest BCUT2D eigenvalue weighted by Crippen LogP contribution is 2.43. The average molecular weight is 627 g/mol. The molecular formula is C42H50N4O. The number of hydrogen-bond donors (Lipinski definition) is 2. The highest BCUT2D eigenvalue weighted by atomic mass is 16.2. The van der Waals surface area contributed by atoms with Gasteiger partial charge in [-0.15, -0.1) is 0 Å². The van der Waals surface area contributed by atoms with Crippen LogP contribution in [0.2, 0.25) is 0 Å². The van der Waals surface area contributed by atoms with Crippen molar-refractivity contribution in [3.63, 3.8) is 0 Å². The molecule has 2 aromatic heterocycles. The number of carbonyl (C=O) groups is 1. The third-order valence-corrected chi connectivity index (χ3v) is 11.0. The van der Waals surface area contributed by atoms with Gasteiger partial charge in [0.05, 0.1) is 16.6 Å². The number of aromatic amines is 1. The van der Waals surface area contributed by atoms with E-state index in [1.165, 1.54) is 70.0 Å². The van der Waals surface area contributed by atoms with E-state index in [-0.39, 0.29) is 5.92 Å². The van der Waals surface area contributed by atoms with Gasteiger partial charge in [-0.1, -0.05) is 42.3 Å². The van der Waals surface area contributed by atoms with Gasteiger partial charge in [0.1, 0.15) is 0 Å². The summed E-state index contributed by atoms with van der Waals surface area (Å²) in [6.07, 6.45) is 9.88.